The molecule has 1 aromatic carbocycles. The normalized spacial score (nSPS) is 9.57. The van der Waals surface area contributed by atoms with Crippen molar-refractivity contribution in [3.05, 3.63) is 35.4 Å². The Morgan fingerprint density at radius 2 is 1.71 bits per heavy atom. The molecule has 6 heteroatoms. The van der Waals surface area contributed by atoms with Crippen molar-refractivity contribution in [1.82, 2.24) is 5.32 Å². The van der Waals surface area contributed by atoms with Crippen molar-refractivity contribution in [3.63, 3.8) is 0 Å². The highest BCUT2D eigenvalue weighted by Crippen LogP contribution is 2.11. The number of imide groups is 1. The van der Waals surface area contributed by atoms with E-state index in [1.165, 1.54) is 5.32 Å². The quantitative estimate of drug-likeness (QED) is 0.721. The van der Waals surface area contributed by atoms with Gasteiger partial charge in [0.25, 0.3) is 5.91 Å². The Bertz CT molecular complexity index is 372. The second kappa shape index (κ2) is 3.82. The lowest BCUT2D eigenvalue weighted by Gasteiger charge is -2.02. The number of benzene rings is 1. The Morgan fingerprint density at radius 3 is 2.14 bits per heavy atom. The molecule has 74 valence electrons. The van der Waals surface area contributed by atoms with Crippen molar-refractivity contribution in [3.8, 4) is 0 Å². The third-order valence-electron chi connectivity index (χ3n) is 1.41. The summed E-state index contributed by atoms with van der Waals surface area (Å²) in [6.45, 7) is 0. The van der Waals surface area contributed by atoms with Crippen LogP contribution in [0.4, 0.5) is 13.6 Å². The summed E-state index contributed by atoms with van der Waals surface area (Å²) in [6, 6.07) is 2.79. The van der Waals surface area contributed by atoms with Crippen molar-refractivity contribution < 1.29 is 23.5 Å². The number of carboxylic acid groups (broad SMARTS) is 1. The number of halogens is 2. The van der Waals surface area contributed by atoms with E-state index in [1.807, 2.05) is 0 Å². The molecule has 4 nitrogen and oxygen atoms in total. The topological polar surface area (TPSA) is 66.4 Å². The van der Waals surface area contributed by atoms with Crippen LogP contribution in [0.1, 0.15) is 10.4 Å². The van der Waals surface area contributed by atoms with Crippen molar-refractivity contribution in [2.24, 2.45) is 0 Å². The molecule has 0 radical (unpaired) electrons. The SMILES string of the molecule is O=C(O)NC(=O)c1c(F)cccc1F. The highest BCUT2D eigenvalue weighted by molar-refractivity contribution is 6.02. The minimum absolute atomic E-state index is 0.861. The number of rotatable bonds is 1. The number of nitrogens with one attached hydrogen (secondary N) is 1. The predicted octanol–water partition coefficient (Wildman–Crippen LogP) is 1.37. The number of hydrogen-bond donors (Lipinski definition) is 2. The number of carbonyl (C=O) groups excluding carboxylic acids is 1. The molecule has 1 aromatic rings. The third kappa shape index (κ3) is 2.03. The molecular formula is C8H5F2NO3. The molecule has 0 aliphatic heterocycles. The van der Waals surface area contributed by atoms with Gasteiger partial charge in [-0.1, -0.05) is 6.07 Å². The van der Waals surface area contributed by atoms with E-state index in [-0.39, 0.29) is 0 Å². The molecule has 0 saturated heterocycles. The summed E-state index contributed by atoms with van der Waals surface area (Å²) in [7, 11) is 0. The highest BCUT2D eigenvalue weighted by atomic mass is 19.1. The van der Waals surface area contributed by atoms with E-state index in [9.17, 15) is 18.4 Å². The molecule has 2 N–H and O–H groups in total. The second-order valence-electron chi connectivity index (χ2n) is 2.36. The maximum absolute atomic E-state index is 12.9. The van der Waals surface area contributed by atoms with Gasteiger partial charge in [0.15, 0.2) is 0 Å². The summed E-state index contributed by atoms with van der Waals surface area (Å²) < 4.78 is 25.7. The fourth-order valence-corrected chi connectivity index (χ4v) is 0.874. The second-order valence-corrected chi connectivity index (χ2v) is 2.36. The summed E-state index contributed by atoms with van der Waals surface area (Å²) in [6.07, 6.45) is -1.67. The van der Waals surface area contributed by atoms with Gasteiger partial charge in [0.05, 0.1) is 0 Å². The molecule has 0 spiro atoms. The first-order valence-electron chi connectivity index (χ1n) is 3.50. The van der Waals surface area contributed by atoms with Crippen LogP contribution in [-0.2, 0) is 0 Å². The van der Waals surface area contributed by atoms with Crippen LogP contribution in [-0.4, -0.2) is 17.1 Å². The molecule has 0 heterocycles. The van der Waals surface area contributed by atoms with Gasteiger partial charge in [-0.15, -0.1) is 0 Å². The Kier molecular flexibility index (Phi) is 2.76. The van der Waals surface area contributed by atoms with Crippen LogP contribution in [0.2, 0.25) is 0 Å². The van der Waals surface area contributed by atoms with Crippen molar-refractivity contribution in [2.45, 2.75) is 0 Å². The van der Waals surface area contributed by atoms with Crippen LogP contribution in [0.5, 0.6) is 0 Å². The Balaban J connectivity index is 3.06. The van der Waals surface area contributed by atoms with Crippen molar-refractivity contribution >= 4 is 12.0 Å². The molecular weight excluding hydrogens is 196 g/mol. The minimum atomic E-state index is -1.67. The molecule has 0 fully saturated rings. The predicted molar refractivity (Wildman–Crippen MR) is 41.8 cm³/mol. The number of amides is 2. The van der Waals surface area contributed by atoms with E-state index in [2.05, 4.69) is 0 Å². The highest BCUT2D eigenvalue weighted by Gasteiger charge is 2.18. The van der Waals surface area contributed by atoms with E-state index in [1.54, 1.807) is 0 Å². The fraction of sp³-hybridized carbons (Fsp3) is 0. The maximum atomic E-state index is 12.9. The average Bonchev–Trinajstić information content (AvgIpc) is 2.01. The van der Waals surface area contributed by atoms with E-state index in [0.717, 1.165) is 18.2 Å². The largest absolute Gasteiger partial charge is 0.465 e. The zero-order valence-electron chi connectivity index (χ0n) is 6.75. The van der Waals surface area contributed by atoms with Crippen LogP contribution in [0.15, 0.2) is 18.2 Å². The fourth-order valence-electron chi connectivity index (χ4n) is 0.874. The molecule has 0 bridgehead atoms. The van der Waals surface area contributed by atoms with E-state index < -0.39 is 29.2 Å². The third-order valence-corrected chi connectivity index (χ3v) is 1.41. The van der Waals surface area contributed by atoms with Gasteiger partial charge in [-0.2, -0.15) is 0 Å². The summed E-state index contributed by atoms with van der Waals surface area (Å²) in [5.74, 6) is -3.54. The number of hydrogen-bond acceptors (Lipinski definition) is 2. The zero-order valence-corrected chi connectivity index (χ0v) is 6.75. The summed E-state index contributed by atoms with van der Waals surface area (Å²) >= 11 is 0. The van der Waals surface area contributed by atoms with Gasteiger partial charge in [-0.3, -0.25) is 10.1 Å². The molecule has 1 rings (SSSR count). The smallest absolute Gasteiger partial charge is 0.411 e. The lowest BCUT2D eigenvalue weighted by Crippen LogP contribution is -2.30. The first-order chi connectivity index (χ1) is 6.52. The van der Waals surface area contributed by atoms with Gasteiger partial charge in [0.1, 0.15) is 17.2 Å². The summed E-state index contributed by atoms with van der Waals surface area (Å²) in [5, 5.41) is 9.49. The van der Waals surface area contributed by atoms with Gasteiger partial charge >= 0.3 is 6.09 Å². The molecule has 0 aliphatic carbocycles. The van der Waals surface area contributed by atoms with E-state index in [0.29, 0.717) is 0 Å². The Labute approximate surface area is 77.2 Å². The van der Waals surface area contributed by atoms with Crippen LogP contribution in [0.25, 0.3) is 0 Å². The Hall–Kier alpha value is -1.98. The molecule has 0 aliphatic rings. The zero-order chi connectivity index (χ0) is 10.7. The average molecular weight is 201 g/mol. The van der Waals surface area contributed by atoms with E-state index in [4.69, 9.17) is 5.11 Å². The molecule has 2 amide bonds. The molecule has 14 heavy (non-hydrogen) atoms. The van der Waals surface area contributed by atoms with Gasteiger partial charge in [-0.05, 0) is 12.1 Å². The van der Waals surface area contributed by atoms with Crippen LogP contribution in [0, 0.1) is 11.6 Å². The van der Waals surface area contributed by atoms with Gasteiger partial charge in [0.2, 0.25) is 0 Å². The van der Waals surface area contributed by atoms with Crippen molar-refractivity contribution in [1.29, 1.82) is 0 Å². The summed E-state index contributed by atoms with van der Waals surface area (Å²) in [4.78, 5) is 21.0. The molecule has 0 atom stereocenters. The van der Waals surface area contributed by atoms with Gasteiger partial charge < -0.3 is 5.11 Å². The molecule has 0 aromatic heterocycles. The van der Waals surface area contributed by atoms with Crippen molar-refractivity contribution in [2.75, 3.05) is 0 Å². The van der Waals surface area contributed by atoms with Gasteiger partial charge in [0, 0.05) is 0 Å². The summed E-state index contributed by atoms with van der Waals surface area (Å²) in [5.41, 5.74) is -0.908. The van der Waals surface area contributed by atoms with Crippen LogP contribution < -0.4 is 5.32 Å². The van der Waals surface area contributed by atoms with Crippen LogP contribution in [0.3, 0.4) is 0 Å². The number of carbonyl (C=O) groups is 2. The first-order valence-corrected chi connectivity index (χ1v) is 3.50. The maximum Gasteiger partial charge on any atom is 0.411 e. The standard InChI is InChI=1S/C8H5F2NO3/c9-4-2-1-3-5(10)6(4)7(12)11-8(13)14/h1-3H,(H,11,12)(H,13,14). The monoisotopic (exact) mass is 201 g/mol. The lowest BCUT2D eigenvalue weighted by molar-refractivity contribution is 0.0940. The van der Waals surface area contributed by atoms with Crippen LogP contribution >= 0.6 is 0 Å². The van der Waals surface area contributed by atoms with E-state index >= 15 is 0 Å². The first kappa shape index (κ1) is 10.1. The van der Waals surface area contributed by atoms with Gasteiger partial charge in [-0.25, -0.2) is 13.6 Å². The minimum Gasteiger partial charge on any atom is -0.465 e. The molecule has 0 saturated carbocycles. The lowest BCUT2D eigenvalue weighted by atomic mass is 10.2. The molecule has 0 unspecified atom stereocenters. The Morgan fingerprint density at radius 1 is 1.21 bits per heavy atom.